The zero-order valence-electron chi connectivity index (χ0n) is 12.3. The van der Waals surface area contributed by atoms with Crippen LogP contribution in [0.15, 0.2) is 53.1 Å². The largest absolute Gasteiger partial charge is 0.483 e. The highest BCUT2D eigenvalue weighted by Gasteiger charge is 2.12. The molecule has 0 atom stereocenters. The SMILES string of the molecule is NC(=O)c1cc(Cl)ccc1OCc1ncc(-c2ccc(F)cc2)o1. The molecule has 1 amide bonds. The molecule has 0 unspecified atom stereocenters. The highest BCUT2D eigenvalue weighted by Crippen LogP contribution is 2.25. The van der Waals surface area contributed by atoms with E-state index in [9.17, 15) is 9.18 Å². The van der Waals surface area contributed by atoms with Gasteiger partial charge < -0.3 is 14.9 Å². The van der Waals surface area contributed by atoms with E-state index in [0.29, 0.717) is 22.2 Å². The Morgan fingerprint density at radius 3 is 2.71 bits per heavy atom. The van der Waals surface area contributed by atoms with Gasteiger partial charge in [0.15, 0.2) is 12.4 Å². The maximum absolute atomic E-state index is 12.9. The molecule has 3 rings (SSSR count). The van der Waals surface area contributed by atoms with Gasteiger partial charge in [-0.3, -0.25) is 4.79 Å². The summed E-state index contributed by atoms with van der Waals surface area (Å²) in [4.78, 5) is 15.5. The second-order valence-corrected chi connectivity index (χ2v) is 5.35. The predicted molar refractivity (Wildman–Crippen MR) is 86.2 cm³/mol. The Morgan fingerprint density at radius 2 is 2.00 bits per heavy atom. The Kier molecular flexibility index (Phi) is 4.48. The lowest BCUT2D eigenvalue weighted by Crippen LogP contribution is -2.13. The molecule has 0 aliphatic rings. The lowest BCUT2D eigenvalue weighted by Gasteiger charge is -2.08. The molecule has 2 N–H and O–H groups in total. The molecule has 0 saturated carbocycles. The molecular weight excluding hydrogens is 335 g/mol. The van der Waals surface area contributed by atoms with Gasteiger partial charge in [-0.15, -0.1) is 0 Å². The van der Waals surface area contributed by atoms with Crippen molar-refractivity contribution in [2.24, 2.45) is 5.73 Å². The van der Waals surface area contributed by atoms with Crippen molar-refractivity contribution >= 4 is 17.5 Å². The zero-order valence-corrected chi connectivity index (χ0v) is 13.1. The standard InChI is InChI=1S/C17H12ClFN2O3/c18-11-3-6-14(13(7-11)17(20)22)23-9-16-21-8-15(24-16)10-1-4-12(19)5-2-10/h1-8H,9H2,(H2,20,22). The van der Waals surface area contributed by atoms with Gasteiger partial charge in [0.05, 0.1) is 11.8 Å². The summed E-state index contributed by atoms with van der Waals surface area (Å²) < 4.78 is 24.0. The number of oxazole rings is 1. The van der Waals surface area contributed by atoms with Crippen LogP contribution in [-0.4, -0.2) is 10.9 Å². The summed E-state index contributed by atoms with van der Waals surface area (Å²) in [5.74, 6) is 0.100. The van der Waals surface area contributed by atoms with Gasteiger partial charge in [-0.1, -0.05) is 11.6 Å². The molecule has 1 aromatic heterocycles. The second-order valence-electron chi connectivity index (χ2n) is 4.92. The summed E-state index contributed by atoms with van der Waals surface area (Å²) in [5.41, 5.74) is 6.17. The summed E-state index contributed by atoms with van der Waals surface area (Å²) >= 11 is 5.84. The third-order valence-electron chi connectivity index (χ3n) is 3.24. The van der Waals surface area contributed by atoms with Gasteiger partial charge >= 0.3 is 0 Å². The van der Waals surface area contributed by atoms with Crippen LogP contribution in [-0.2, 0) is 6.61 Å². The maximum Gasteiger partial charge on any atom is 0.252 e. The smallest absolute Gasteiger partial charge is 0.252 e. The molecule has 5 nitrogen and oxygen atoms in total. The van der Waals surface area contributed by atoms with Crippen molar-refractivity contribution in [3.05, 3.63) is 71.0 Å². The Bertz CT molecular complexity index is 878. The number of halogens is 2. The van der Waals surface area contributed by atoms with Crippen molar-refractivity contribution < 1.29 is 18.3 Å². The molecule has 0 saturated heterocycles. The van der Waals surface area contributed by atoms with Crippen molar-refractivity contribution in [1.82, 2.24) is 4.98 Å². The zero-order chi connectivity index (χ0) is 17.1. The molecule has 0 spiro atoms. The quantitative estimate of drug-likeness (QED) is 0.762. The van der Waals surface area contributed by atoms with Gasteiger partial charge in [0, 0.05) is 10.6 Å². The normalized spacial score (nSPS) is 10.6. The first kappa shape index (κ1) is 16.0. The number of nitrogens with two attached hydrogens (primary N) is 1. The van der Waals surface area contributed by atoms with E-state index in [-0.39, 0.29) is 23.7 Å². The molecule has 0 aliphatic heterocycles. The summed E-state index contributed by atoms with van der Waals surface area (Å²) in [7, 11) is 0. The van der Waals surface area contributed by atoms with E-state index >= 15 is 0 Å². The number of hydrogen-bond donors (Lipinski definition) is 1. The number of hydrogen-bond acceptors (Lipinski definition) is 4. The van der Waals surface area contributed by atoms with E-state index in [1.54, 1.807) is 24.3 Å². The Labute approximate surface area is 141 Å². The van der Waals surface area contributed by atoms with Crippen LogP contribution in [0.25, 0.3) is 11.3 Å². The number of primary amides is 1. The molecule has 0 fully saturated rings. The fourth-order valence-electron chi connectivity index (χ4n) is 2.08. The van der Waals surface area contributed by atoms with Crippen LogP contribution in [0, 0.1) is 5.82 Å². The lowest BCUT2D eigenvalue weighted by atomic mass is 10.2. The second kappa shape index (κ2) is 6.72. The van der Waals surface area contributed by atoms with Crippen LogP contribution in [0.5, 0.6) is 5.75 Å². The molecule has 2 aromatic carbocycles. The van der Waals surface area contributed by atoms with Gasteiger partial charge in [0.25, 0.3) is 5.91 Å². The minimum absolute atomic E-state index is 0.00308. The van der Waals surface area contributed by atoms with Gasteiger partial charge in [-0.2, -0.15) is 0 Å². The fraction of sp³-hybridized carbons (Fsp3) is 0.0588. The number of ether oxygens (including phenoxy) is 1. The number of benzene rings is 2. The van der Waals surface area contributed by atoms with Crippen LogP contribution >= 0.6 is 11.6 Å². The molecule has 24 heavy (non-hydrogen) atoms. The molecule has 3 aromatic rings. The van der Waals surface area contributed by atoms with Crippen molar-refractivity contribution in [3.8, 4) is 17.1 Å². The van der Waals surface area contributed by atoms with Crippen LogP contribution in [0.1, 0.15) is 16.2 Å². The molecule has 0 aliphatic carbocycles. The molecule has 0 radical (unpaired) electrons. The number of carbonyl (C=O) groups excluding carboxylic acids is 1. The summed E-state index contributed by atoms with van der Waals surface area (Å²) in [5, 5.41) is 0.380. The van der Waals surface area contributed by atoms with Crippen LogP contribution < -0.4 is 10.5 Å². The number of aromatic nitrogens is 1. The van der Waals surface area contributed by atoms with Crippen molar-refractivity contribution in [1.29, 1.82) is 0 Å². The summed E-state index contributed by atoms with van der Waals surface area (Å²) in [6.45, 7) is 0.00308. The Balaban J connectivity index is 1.74. The molecule has 1 heterocycles. The van der Waals surface area contributed by atoms with Gasteiger partial charge in [-0.25, -0.2) is 9.37 Å². The maximum atomic E-state index is 12.9. The summed E-state index contributed by atoms with van der Waals surface area (Å²) in [6.07, 6.45) is 1.52. The third-order valence-corrected chi connectivity index (χ3v) is 3.48. The number of rotatable bonds is 5. The highest BCUT2D eigenvalue weighted by atomic mass is 35.5. The molecular formula is C17H12ClFN2O3. The van der Waals surface area contributed by atoms with Crippen LogP contribution in [0.4, 0.5) is 4.39 Å². The molecule has 7 heteroatoms. The average Bonchev–Trinajstić information content (AvgIpc) is 3.03. The van der Waals surface area contributed by atoms with E-state index in [4.69, 9.17) is 26.5 Å². The Hall–Kier alpha value is -2.86. The molecule has 0 bridgehead atoms. The monoisotopic (exact) mass is 346 g/mol. The minimum Gasteiger partial charge on any atom is -0.483 e. The fourth-order valence-corrected chi connectivity index (χ4v) is 2.26. The third kappa shape index (κ3) is 3.55. The van der Waals surface area contributed by atoms with Crippen molar-refractivity contribution in [3.63, 3.8) is 0 Å². The number of amides is 1. The van der Waals surface area contributed by atoms with Crippen LogP contribution in [0.2, 0.25) is 5.02 Å². The van der Waals surface area contributed by atoms with E-state index in [0.717, 1.165) is 0 Å². The van der Waals surface area contributed by atoms with Gasteiger partial charge in [0.2, 0.25) is 5.89 Å². The van der Waals surface area contributed by atoms with E-state index in [1.165, 1.54) is 24.4 Å². The first-order chi connectivity index (χ1) is 11.5. The van der Waals surface area contributed by atoms with Gasteiger partial charge in [0.1, 0.15) is 11.6 Å². The highest BCUT2D eigenvalue weighted by molar-refractivity contribution is 6.31. The first-order valence-electron chi connectivity index (χ1n) is 6.96. The first-order valence-corrected chi connectivity index (χ1v) is 7.33. The van der Waals surface area contributed by atoms with E-state index < -0.39 is 5.91 Å². The Morgan fingerprint density at radius 1 is 1.25 bits per heavy atom. The van der Waals surface area contributed by atoms with Crippen molar-refractivity contribution in [2.75, 3.05) is 0 Å². The predicted octanol–water partition coefficient (Wildman–Crippen LogP) is 3.81. The topological polar surface area (TPSA) is 78.4 Å². The van der Waals surface area contributed by atoms with Crippen molar-refractivity contribution in [2.45, 2.75) is 6.61 Å². The average molecular weight is 347 g/mol. The lowest BCUT2D eigenvalue weighted by molar-refractivity contribution is 0.0995. The summed E-state index contributed by atoms with van der Waals surface area (Å²) in [6, 6.07) is 10.4. The minimum atomic E-state index is -0.646. The van der Waals surface area contributed by atoms with E-state index in [2.05, 4.69) is 4.98 Å². The number of nitrogens with zero attached hydrogens (tertiary/aromatic N) is 1. The number of carbonyl (C=O) groups is 1. The van der Waals surface area contributed by atoms with Crippen LogP contribution in [0.3, 0.4) is 0 Å². The van der Waals surface area contributed by atoms with Gasteiger partial charge in [-0.05, 0) is 42.5 Å². The van der Waals surface area contributed by atoms with E-state index in [1.807, 2.05) is 0 Å². The molecule has 122 valence electrons.